The maximum Gasteiger partial charge on any atom is 0.472 e. The summed E-state index contributed by atoms with van der Waals surface area (Å²) in [6.07, 6.45) is 33.0. The highest BCUT2D eigenvalue weighted by atomic mass is 31.2. The highest BCUT2D eigenvalue weighted by Crippen LogP contribution is 2.43. The van der Waals surface area contributed by atoms with Gasteiger partial charge in [0, 0.05) is 6.42 Å². The van der Waals surface area contributed by atoms with Crippen LogP contribution in [0.1, 0.15) is 104 Å². The van der Waals surface area contributed by atoms with Crippen molar-refractivity contribution in [1.82, 2.24) is 5.32 Å². The molecule has 0 heterocycles. The van der Waals surface area contributed by atoms with Gasteiger partial charge in [-0.15, -0.1) is 0 Å². The maximum absolute atomic E-state index is 12.7. The van der Waals surface area contributed by atoms with E-state index in [1.54, 1.807) is 6.08 Å². The highest BCUT2D eigenvalue weighted by molar-refractivity contribution is 7.47. The Balaban J connectivity index is 4.72. The SMILES string of the molecule is CC/C=C\C/C=C\C/C=C\CCCCCC(=O)NC(COP(=O)(O)OCC[N+](C)(C)C)C(O)/C=C/CC/C=C/CCCCC. The zero-order chi connectivity index (χ0) is 32.9. The Kier molecular flexibility index (Phi) is 26.4. The zero-order valence-electron chi connectivity index (χ0n) is 28.4. The number of aliphatic hydroxyl groups is 1. The molecule has 0 bridgehead atoms. The van der Waals surface area contributed by atoms with Crippen molar-refractivity contribution in [1.29, 1.82) is 0 Å². The lowest BCUT2D eigenvalue weighted by Crippen LogP contribution is -2.45. The number of rotatable bonds is 28. The van der Waals surface area contributed by atoms with Gasteiger partial charge in [0.2, 0.25) is 5.91 Å². The molecule has 0 fully saturated rings. The van der Waals surface area contributed by atoms with E-state index >= 15 is 0 Å². The molecule has 0 aromatic heterocycles. The van der Waals surface area contributed by atoms with Gasteiger partial charge in [-0.3, -0.25) is 13.8 Å². The Hall–Kier alpha value is -1.80. The van der Waals surface area contributed by atoms with Crippen LogP contribution in [0.5, 0.6) is 0 Å². The van der Waals surface area contributed by atoms with Gasteiger partial charge in [-0.1, -0.05) is 93.9 Å². The standard InChI is InChI=1S/C35H63N2O6P/c1-6-8-10-12-14-16-17-18-19-21-23-25-27-29-35(39)36-33(32-43-44(40,41)42-31-30-37(3,4)5)34(38)28-26-24-22-20-15-13-11-9-7-2/h8,10,14-16,18-20,26,28,33-34,38H,6-7,9,11-13,17,21-25,27,29-32H2,1-5H3,(H-,36,39,40,41)/p+1/b10-8-,16-14-,19-18-,20-15+,28-26+. The molecule has 0 saturated heterocycles. The van der Waals surface area contributed by atoms with Crippen LogP contribution in [0.2, 0.25) is 0 Å². The van der Waals surface area contributed by atoms with Crippen molar-refractivity contribution >= 4 is 13.7 Å². The van der Waals surface area contributed by atoms with Crippen molar-refractivity contribution in [3.63, 3.8) is 0 Å². The lowest BCUT2D eigenvalue weighted by molar-refractivity contribution is -0.870. The summed E-state index contributed by atoms with van der Waals surface area (Å²) >= 11 is 0. The van der Waals surface area contributed by atoms with Crippen LogP contribution in [0.3, 0.4) is 0 Å². The molecular formula is C35H64N2O6P+. The van der Waals surface area contributed by atoms with Crippen LogP contribution >= 0.6 is 7.82 Å². The first-order valence-electron chi connectivity index (χ1n) is 16.7. The van der Waals surface area contributed by atoms with Crippen LogP contribution in [0.15, 0.2) is 60.8 Å². The third kappa shape index (κ3) is 28.9. The molecule has 0 aromatic rings. The Morgan fingerprint density at radius 2 is 1.39 bits per heavy atom. The zero-order valence-corrected chi connectivity index (χ0v) is 29.3. The van der Waals surface area contributed by atoms with Crippen LogP contribution in [0.25, 0.3) is 0 Å². The lowest BCUT2D eigenvalue weighted by Gasteiger charge is -2.25. The van der Waals surface area contributed by atoms with Crippen molar-refractivity contribution in [2.45, 2.75) is 116 Å². The third-order valence-corrected chi connectivity index (χ3v) is 7.71. The minimum Gasteiger partial charge on any atom is -0.387 e. The first kappa shape index (κ1) is 42.2. The molecule has 0 aliphatic heterocycles. The largest absolute Gasteiger partial charge is 0.472 e. The molecule has 3 atom stereocenters. The number of unbranched alkanes of at least 4 members (excludes halogenated alkanes) is 7. The number of nitrogens with one attached hydrogen (secondary N) is 1. The minimum absolute atomic E-state index is 0.0469. The molecule has 44 heavy (non-hydrogen) atoms. The fourth-order valence-electron chi connectivity index (χ4n) is 4.01. The molecule has 8 nitrogen and oxygen atoms in total. The van der Waals surface area contributed by atoms with Gasteiger partial charge in [-0.2, -0.15) is 0 Å². The van der Waals surface area contributed by atoms with Gasteiger partial charge < -0.3 is 19.8 Å². The average Bonchev–Trinajstić information content (AvgIpc) is 2.95. The molecule has 254 valence electrons. The number of carbonyl (C=O) groups is 1. The Labute approximate surface area is 269 Å². The Bertz CT molecular complexity index is 907. The summed E-state index contributed by atoms with van der Waals surface area (Å²) in [5.74, 6) is -0.224. The van der Waals surface area contributed by atoms with E-state index in [0.29, 0.717) is 17.4 Å². The molecule has 0 saturated carbocycles. The predicted molar refractivity (Wildman–Crippen MR) is 184 cm³/mol. The van der Waals surface area contributed by atoms with Gasteiger partial charge in [-0.25, -0.2) is 4.57 Å². The van der Waals surface area contributed by atoms with E-state index in [-0.39, 0.29) is 19.1 Å². The van der Waals surface area contributed by atoms with Gasteiger partial charge in [0.25, 0.3) is 0 Å². The molecular weight excluding hydrogens is 575 g/mol. The number of quaternary nitrogens is 1. The van der Waals surface area contributed by atoms with E-state index in [9.17, 15) is 19.4 Å². The second-order valence-electron chi connectivity index (χ2n) is 12.1. The van der Waals surface area contributed by atoms with Crippen LogP contribution < -0.4 is 5.32 Å². The first-order valence-corrected chi connectivity index (χ1v) is 18.2. The average molecular weight is 640 g/mol. The maximum atomic E-state index is 12.7. The van der Waals surface area contributed by atoms with Crippen molar-refractivity contribution in [3.8, 4) is 0 Å². The number of phosphoric ester groups is 1. The number of carbonyl (C=O) groups excluding carboxylic acids is 1. The number of hydrogen-bond donors (Lipinski definition) is 3. The highest BCUT2D eigenvalue weighted by Gasteiger charge is 2.27. The molecule has 0 rings (SSSR count). The van der Waals surface area contributed by atoms with Crippen molar-refractivity contribution in [2.24, 2.45) is 0 Å². The number of allylic oxidation sites excluding steroid dienone is 9. The lowest BCUT2D eigenvalue weighted by atomic mass is 10.1. The molecule has 0 aliphatic carbocycles. The summed E-state index contributed by atoms with van der Waals surface area (Å²) < 4.78 is 23.3. The smallest absolute Gasteiger partial charge is 0.387 e. The number of likely N-dealkylation sites (N-methyl/N-ethyl adjacent to an activating group) is 1. The fourth-order valence-corrected chi connectivity index (χ4v) is 4.74. The number of nitrogens with zero attached hydrogens (tertiary/aromatic N) is 1. The summed E-state index contributed by atoms with van der Waals surface area (Å²) in [5, 5.41) is 13.6. The van der Waals surface area contributed by atoms with E-state index in [0.717, 1.165) is 64.2 Å². The van der Waals surface area contributed by atoms with Gasteiger partial charge in [0.05, 0.1) is 39.9 Å². The molecule has 3 unspecified atom stereocenters. The molecule has 0 spiro atoms. The molecule has 0 aliphatic rings. The molecule has 0 radical (unpaired) electrons. The Morgan fingerprint density at radius 3 is 2.05 bits per heavy atom. The van der Waals surface area contributed by atoms with E-state index in [4.69, 9.17) is 9.05 Å². The normalized spacial score (nSPS) is 15.7. The van der Waals surface area contributed by atoms with E-state index in [2.05, 4.69) is 67.8 Å². The van der Waals surface area contributed by atoms with Gasteiger partial charge in [-0.05, 0) is 64.2 Å². The van der Waals surface area contributed by atoms with Crippen molar-refractivity contribution in [2.75, 3.05) is 40.9 Å². The molecule has 1 amide bonds. The van der Waals surface area contributed by atoms with Gasteiger partial charge >= 0.3 is 7.82 Å². The van der Waals surface area contributed by atoms with E-state index in [1.165, 1.54) is 19.3 Å². The molecule has 9 heteroatoms. The topological polar surface area (TPSA) is 105 Å². The monoisotopic (exact) mass is 639 g/mol. The summed E-state index contributed by atoms with van der Waals surface area (Å²) in [6.45, 7) is 4.54. The van der Waals surface area contributed by atoms with Crippen LogP contribution in [0.4, 0.5) is 0 Å². The summed E-state index contributed by atoms with van der Waals surface area (Å²) in [5.41, 5.74) is 0. The molecule has 3 N–H and O–H groups in total. The summed E-state index contributed by atoms with van der Waals surface area (Å²) in [4.78, 5) is 22.8. The summed E-state index contributed by atoms with van der Waals surface area (Å²) in [6, 6.07) is -0.876. The van der Waals surface area contributed by atoms with Gasteiger partial charge in [0.15, 0.2) is 0 Å². The first-order chi connectivity index (χ1) is 21.0. The number of phosphoric acid groups is 1. The second-order valence-corrected chi connectivity index (χ2v) is 13.6. The van der Waals surface area contributed by atoms with Crippen LogP contribution in [-0.4, -0.2) is 73.4 Å². The quantitative estimate of drug-likeness (QED) is 0.0347. The second kappa shape index (κ2) is 27.5. The summed E-state index contributed by atoms with van der Waals surface area (Å²) in [7, 11) is 1.52. The number of amides is 1. The van der Waals surface area contributed by atoms with Crippen LogP contribution in [0, 0.1) is 0 Å². The van der Waals surface area contributed by atoms with Crippen molar-refractivity contribution in [3.05, 3.63) is 60.8 Å². The predicted octanol–water partition coefficient (Wildman–Crippen LogP) is 7.95. The fraction of sp³-hybridized carbons (Fsp3) is 0.686. The van der Waals surface area contributed by atoms with Crippen molar-refractivity contribution < 1.29 is 32.9 Å². The van der Waals surface area contributed by atoms with Crippen LogP contribution in [-0.2, 0) is 18.4 Å². The van der Waals surface area contributed by atoms with E-state index < -0.39 is 20.0 Å². The number of hydrogen-bond acceptors (Lipinski definition) is 5. The number of aliphatic hydroxyl groups excluding tert-OH is 1. The molecule has 0 aromatic carbocycles. The van der Waals surface area contributed by atoms with Gasteiger partial charge in [0.1, 0.15) is 13.2 Å². The third-order valence-electron chi connectivity index (χ3n) is 6.72. The minimum atomic E-state index is -4.34. The van der Waals surface area contributed by atoms with E-state index in [1.807, 2.05) is 27.2 Å². The Morgan fingerprint density at radius 1 is 0.795 bits per heavy atom.